The fourth-order valence-corrected chi connectivity index (χ4v) is 2.63. The van der Waals surface area contributed by atoms with E-state index in [0.717, 1.165) is 6.26 Å². The summed E-state index contributed by atoms with van der Waals surface area (Å²) in [6, 6.07) is 3.93. The van der Waals surface area contributed by atoms with Crippen molar-refractivity contribution < 1.29 is 18.3 Å². The highest BCUT2D eigenvalue weighted by molar-refractivity contribution is 7.91. The largest absolute Gasteiger partial charge is 0.478 e. The van der Waals surface area contributed by atoms with Crippen LogP contribution in [0.3, 0.4) is 0 Å². The van der Waals surface area contributed by atoms with Crippen LogP contribution in [0.1, 0.15) is 10.4 Å². The number of carboxylic acid groups (broad SMARTS) is 1. The van der Waals surface area contributed by atoms with Gasteiger partial charge < -0.3 is 5.11 Å². The monoisotopic (exact) mass is 234 g/mol. The van der Waals surface area contributed by atoms with Gasteiger partial charge in [0, 0.05) is 6.26 Å². The SMILES string of the molecule is CS(=O)(=O)c1c(Cl)cccc1C(=O)O. The molecule has 1 aromatic rings. The zero-order valence-corrected chi connectivity index (χ0v) is 8.76. The average molecular weight is 235 g/mol. The Hall–Kier alpha value is -1.07. The highest BCUT2D eigenvalue weighted by Gasteiger charge is 2.21. The molecule has 14 heavy (non-hydrogen) atoms. The van der Waals surface area contributed by atoms with Crippen LogP contribution in [0.5, 0.6) is 0 Å². The Labute approximate surface area is 86.0 Å². The van der Waals surface area contributed by atoms with Gasteiger partial charge in [0.25, 0.3) is 0 Å². The van der Waals surface area contributed by atoms with Gasteiger partial charge in [-0.1, -0.05) is 17.7 Å². The first-order chi connectivity index (χ1) is 6.34. The van der Waals surface area contributed by atoms with Crippen LogP contribution in [0, 0.1) is 0 Å². The van der Waals surface area contributed by atoms with E-state index in [1.807, 2.05) is 0 Å². The van der Waals surface area contributed by atoms with Crippen LogP contribution in [0.15, 0.2) is 23.1 Å². The van der Waals surface area contributed by atoms with Crippen LogP contribution in [0.4, 0.5) is 0 Å². The Morgan fingerprint density at radius 1 is 1.43 bits per heavy atom. The van der Waals surface area contributed by atoms with Crippen molar-refractivity contribution in [3.05, 3.63) is 28.8 Å². The molecular weight excluding hydrogens is 228 g/mol. The average Bonchev–Trinajstić information content (AvgIpc) is 2.01. The Kier molecular flexibility index (Phi) is 2.82. The normalized spacial score (nSPS) is 11.3. The molecule has 0 amide bonds. The van der Waals surface area contributed by atoms with E-state index in [9.17, 15) is 13.2 Å². The van der Waals surface area contributed by atoms with Gasteiger partial charge in [-0.25, -0.2) is 13.2 Å². The van der Waals surface area contributed by atoms with Crippen LogP contribution < -0.4 is 0 Å². The van der Waals surface area contributed by atoms with Gasteiger partial charge in [0.1, 0.15) is 0 Å². The summed E-state index contributed by atoms with van der Waals surface area (Å²) >= 11 is 5.62. The first-order valence-corrected chi connectivity index (χ1v) is 5.83. The van der Waals surface area contributed by atoms with Gasteiger partial charge in [0.15, 0.2) is 9.84 Å². The minimum Gasteiger partial charge on any atom is -0.478 e. The molecule has 6 heteroatoms. The van der Waals surface area contributed by atoms with E-state index < -0.39 is 15.8 Å². The summed E-state index contributed by atoms with van der Waals surface area (Å²) in [4.78, 5) is 10.4. The maximum Gasteiger partial charge on any atom is 0.337 e. The predicted octanol–water partition coefficient (Wildman–Crippen LogP) is 1.44. The van der Waals surface area contributed by atoms with Gasteiger partial charge in [-0.05, 0) is 12.1 Å². The molecule has 1 rings (SSSR count). The molecular formula is C8H7ClO4S. The third-order valence-corrected chi connectivity index (χ3v) is 3.18. The smallest absolute Gasteiger partial charge is 0.337 e. The summed E-state index contributed by atoms with van der Waals surface area (Å²) in [7, 11) is -3.62. The van der Waals surface area contributed by atoms with E-state index in [-0.39, 0.29) is 15.5 Å². The molecule has 0 bridgehead atoms. The van der Waals surface area contributed by atoms with Crippen molar-refractivity contribution in [3.8, 4) is 0 Å². The minimum atomic E-state index is -3.62. The van der Waals surface area contributed by atoms with E-state index >= 15 is 0 Å². The second-order valence-electron chi connectivity index (χ2n) is 2.69. The third kappa shape index (κ3) is 2.05. The fourth-order valence-electron chi connectivity index (χ4n) is 1.05. The molecule has 0 aliphatic carbocycles. The van der Waals surface area contributed by atoms with Crippen molar-refractivity contribution in [3.63, 3.8) is 0 Å². The molecule has 0 aliphatic rings. The standard InChI is InChI=1S/C8H7ClO4S/c1-14(12,13)7-5(8(10)11)3-2-4-6(7)9/h2-4H,1H3,(H,10,11). The van der Waals surface area contributed by atoms with E-state index in [1.165, 1.54) is 18.2 Å². The van der Waals surface area contributed by atoms with Crippen molar-refractivity contribution in [2.75, 3.05) is 6.26 Å². The number of benzene rings is 1. The fraction of sp³-hybridized carbons (Fsp3) is 0.125. The molecule has 1 aromatic carbocycles. The van der Waals surface area contributed by atoms with Crippen LogP contribution in [0.2, 0.25) is 5.02 Å². The van der Waals surface area contributed by atoms with E-state index in [1.54, 1.807) is 0 Å². The van der Waals surface area contributed by atoms with Crippen LogP contribution in [0.25, 0.3) is 0 Å². The molecule has 0 radical (unpaired) electrons. The van der Waals surface area contributed by atoms with Crippen molar-refractivity contribution in [2.24, 2.45) is 0 Å². The first-order valence-electron chi connectivity index (χ1n) is 3.56. The number of aromatic carboxylic acids is 1. The predicted molar refractivity (Wildman–Crippen MR) is 51.5 cm³/mol. The number of carboxylic acids is 1. The highest BCUT2D eigenvalue weighted by atomic mass is 35.5. The van der Waals surface area contributed by atoms with Crippen LogP contribution in [-0.4, -0.2) is 25.7 Å². The molecule has 0 spiro atoms. The summed E-state index contributed by atoms with van der Waals surface area (Å²) in [5.74, 6) is -1.31. The molecule has 0 aliphatic heterocycles. The van der Waals surface area contributed by atoms with Crippen molar-refractivity contribution in [1.29, 1.82) is 0 Å². The second-order valence-corrected chi connectivity index (χ2v) is 5.05. The minimum absolute atomic E-state index is 0.0765. The first kappa shape index (κ1) is 11.0. The molecule has 4 nitrogen and oxygen atoms in total. The molecule has 1 N–H and O–H groups in total. The number of sulfone groups is 1. The number of hydrogen-bond acceptors (Lipinski definition) is 3. The third-order valence-electron chi connectivity index (χ3n) is 1.57. The number of carbonyl (C=O) groups is 1. The lowest BCUT2D eigenvalue weighted by Crippen LogP contribution is -2.08. The van der Waals surface area contributed by atoms with E-state index in [4.69, 9.17) is 16.7 Å². The summed E-state index contributed by atoms with van der Waals surface area (Å²) in [6.07, 6.45) is 0.917. The molecule has 0 atom stereocenters. The topological polar surface area (TPSA) is 71.4 Å². The lowest BCUT2D eigenvalue weighted by Gasteiger charge is -2.05. The Balaban J connectivity index is 3.62. The lowest BCUT2D eigenvalue weighted by atomic mass is 10.2. The van der Waals surface area contributed by atoms with Crippen LogP contribution >= 0.6 is 11.6 Å². The molecule has 76 valence electrons. The van der Waals surface area contributed by atoms with Crippen molar-refractivity contribution in [1.82, 2.24) is 0 Å². The van der Waals surface area contributed by atoms with Crippen molar-refractivity contribution >= 4 is 27.4 Å². The second kappa shape index (κ2) is 3.59. The van der Waals surface area contributed by atoms with E-state index in [2.05, 4.69) is 0 Å². The van der Waals surface area contributed by atoms with Crippen LogP contribution in [-0.2, 0) is 9.84 Å². The Bertz CT molecular complexity index is 478. The van der Waals surface area contributed by atoms with E-state index in [0.29, 0.717) is 0 Å². The molecule has 0 aromatic heterocycles. The lowest BCUT2D eigenvalue weighted by molar-refractivity contribution is 0.0692. The molecule has 0 heterocycles. The highest BCUT2D eigenvalue weighted by Crippen LogP contribution is 2.24. The van der Waals surface area contributed by atoms with Gasteiger partial charge in [-0.3, -0.25) is 0 Å². The number of hydrogen-bond donors (Lipinski definition) is 1. The molecule has 0 fully saturated rings. The maximum atomic E-state index is 11.2. The summed E-state index contributed by atoms with van der Waals surface area (Å²) in [5.41, 5.74) is -0.306. The Morgan fingerprint density at radius 2 is 2.00 bits per heavy atom. The van der Waals surface area contributed by atoms with Gasteiger partial charge in [0.05, 0.1) is 15.5 Å². The summed E-state index contributed by atoms with van der Waals surface area (Å²) < 4.78 is 22.5. The maximum absolute atomic E-state index is 11.2. The van der Waals surface area contributed by atoms with Gasteiger partial charge in [-0.2, -0.15) is 0 Å². The number of halogens is 1. The van der Waals surface area contributed by atoms with Crippen molar-refractivity contribution in [2.45, 2.75) is 4.90 Å². The zero-order valence-electron chi connectivity index (χ0n) is 7.19. The summed E-state index contributed by atoms with van der Waals surface area (Å²) in [6.45, 7) is 0. The Morgan fingerprint density at radius 3 is 2.36 bits per heavy atom. The van der Waals surface area contributed by atoms with Gasteiger partial charge in [0.2, 0.25) is 0 Å². The molecule has 0 saturated carbocycles. The summed E-state index contributed by atoms with van der Waals surface area (Å²) in [5, 5.41) is 8.65. The molecule has 0 unspecified atom stereocenters. The molecule has 0 saturated heterocycles. The quantitative estimate of drug-likeness (QED) is 0.841. The number of rotatable bonds is 2. The zero-order chi connectivity index (χ0) is 10.9. The van der Waals surface area contributed by atoms with Gasteiger partial charge in [-0.15, -0.1) is 0 Å². The van der Waals surface area contributed by atoms with Gasteiger partial charge >= 0.3 is 5.97 Å².